The van der Waals surface area contributed by atoms with Crippen molar-refractivity contribution in [3.05, 3.63) is 24.3 Å². The maximum Gasteiger partial charge on any atom is 0.0545 e. The monoisotopic (exact) mass is 206 g/mol. The van der Waals surface area contributed by atoms with Gasteiger partial charge in [0.2, 0.25) is 0 Å². The summed E-state index contributed by atoms with van der Waals surface area (Å²) in [5, 5.41) is 3.27. The zero-order chi connectivity index (χ0) is 10.2. The molecule has 0 bridgehead atoms. The van der Waals surface area contributed by atoms with E-state index < -0.39 is 0 Å². The normalized spacial score (nSPS) is 9.36. The topological polar surface area (TPSA) is 38.0 Å². The number of thioether (sulfide) groups is 1. The predicted octanol–water partition coefficient (Wildman–Crippen LogP) is 2.05. The summed E-state index contributed by atoms with van der Waals surface area (Å²) in [6, 6.07) is 7.73. The van der Waals surface area contributed by atoms with Gasteiger partial charge in [-0.05, 0) is 18.2 Å². The van der Waals surface area contributed by atoms with Crippen molar-refractivity contribution in [2.24, 2.45) is 0 Å². The first-order valence-electron chi connectivity index (χ1n) is 4.43. The summed E-state index contributed by atoms with van der Waals surface area (Å²) in [4.78, 5) is 0. The van der Waals surface area contributed by atoms with Crippen LogP contribution < -0.4 is 11.1 Å². The van der Waals surface area contributed by atoms with Gasteiger partial charge in [0.15, 0.2) is 0 Å². The summed E-state index contributed by atoms with van der Waals surface area (Å²) in [6.45, 7) is 0.912. The fraction of sp³-hybridized carbons (Fsp3) is 0.273. The van der Waals surface area contributed by atoms with Crippen LogP contribution in [0.4, 0.5) is 11.4 Å². The second-order valence-corrected chi connectivity index (χ2v) is 3.91. The van der Waals surface area contributed by atoms with Crippen molar-refractivity contribution in [3.8, 4) is 12.3 Å². The summed E-state index contributed by atoms with van der Waals surface area (Å²) in [5.41, 5.74) is 7.48. The van der Waals surface area contributed by atoms with Crippen LogP contribution in [-0.2, 0) is 0 Å². The summed E-state index contributed by atoms with van der Waals surface area (Å²) in [7, 11) is 0. The molecule has 0 atom stereocenters. The van der Waals surface area contributed by atoms with Crippen LogP contribution in [0.3, 0.4) is 0 Å². The van der Waals surface area contributed by atoms with Crippen LogP contribution >= 0.6 is 11.8 Å². The second-order valence-electron chi connectivity index (χ2n) is 2.81. The number of nitrogens with two attached hydrogens (primary N) is 1. The highest BCUT2D eigenvalue weighted by Crippen LogP contribution is 2.11. The Hall–Kier alpha value is -1.27. The Morgan fingerprint density at radius 3 is 3.07 bits per heavy atom. The lowest BCUT2D eigenvalue weighted by Crippen LogP contribution is -2.04. The van der Waals surface area contributed by atoms with Crippen molar-refractivity contribution in [2.75, 3.05) is 29.1 Å². The fourth-order valence-electron chi connectivity index (χ4n) is 1.05. The molecule has 0 spiro atoms. The minimum atomic E-state index is 0.776. The third-order valence-electron chi connectivity index (χ3n) is 1.65. The maximum atomic E-state index is 5.64. The van der Waals surface area contributed by atoms with Crippen molar-refractivity contribution in [1.29, 1.82) is 0 Å². The number of nitrogen functional groups attached to an aromatic ring is 1. The Bertz CT molecular complexity index is 317. The molecular weight excluding hydrogens is 192 g/mol. The van der Waals surface area contributed by atoms with E-state index in [9.17, 15) is 0 Å². The molecule has 0 saturated carbocycles. The van der Waals surface area contributed by atoms with E-state index in [4.69, 9.17) is 12.2 Å². The molecular formula is C11H14N2S. The zero-order valence-corrected chi connectivity index (χ0v) is 8.81. The van der Waals surface area contributed by atoms with E-state index in [-0.39, 0.29) is 0 Å². The molecule has 0 aromatic heterocycles. The van der Waals surface area contributed by atoms with Gasteiger partial charge in [-0.1, -0.05) is 12.0 Å². The van der Waals surface area contributed by atoms with Crippen LogP contribution in [-0.4, -0.2) is 18.1 Å². The first kappa shape index (κ1) is 10.8. The first-order chi connectivity index (χ1) is 6.83. The number of terminal acetylenes is 1. The third-order valence-corrected chi connectivity index (χ3v) is 2.51. The lowest BCUT2D eigenvalue weighted by molar-refractivity contribution is 1.23. The first-order valence-corrected chi connectivity index (χ1v) is 5.59. The van der Waals surface area contributed by atoms with Gasteiger partial charge in [-0.3, -0.25) is 0 Å². The molecule has 0 aliphatic heterocycles. The number of benzene rings is 1. The van der Waals surface area contributed by atoms with Crippen molar-refractivity contribution >= 4 is 23.1 Å². The number of rotatable bonds is 5. The fourth-order valence-corrected chi connectivity index (χ4v) is 1.56. The molecule has 0 radical (unpaired) electrons. The molecule has 0 saturated heterocycles. The van der Waals surface area contributed by atoms with Gasteiger partial charge < -0.3 is 11.1 Å². The SMILES string of the molecule is C#CCSCCNc1cccc(N)c1. The summed E-state index contributed by atoms with van der Waals surface area (Å²) >= 11 is 1.75. The second kappa shape index (κ2) is 6.22. The van der Waals surface area contributed by atoms with Gasteiger partial charge in [0, 0.05) is 23.7 Å². The highest BCUT2D eigenvalue weighted by molar-refractivity contribution is 7.99. The quantitative estimate of drug-likeness (QED) is 0.440. The van der Waals surface area contributed by atoms with Crippen molar-refractivity contribution in [3.63, 3.8) is 0 Å². The Kier molecular flexibility index (Phi) is 4.81. The lowest BCUT2D eigenvalue weighted by atomic mass is 10.3. The Labute approximate surface area is 89.3 Å². The summed E-state index contributed by atoms with van der Waals surface area (Å²) in [6.07, 6.45) is 5.13. The molecule has 0 aliphatic rings. The smallest absolute Gasteiger partial charge is 0.0545 e. The van der Waals surface area contributed by atoms with Gasteiger partial charge in [-0.15, -0.1) is 18.2 Å². The van der Waals surface area contributed by atoms with E-state index in [2.05, 4.69) is 11.2 Å². The molecule has 14 heavy (non-hydrogen) atoms. The zero-order valence-electron chi connectivity index (χ0n) is 7.99. The number of hydrogen-bond donors (Lipinski definition) is 2. The van der Waals surface area contributed by atoms with E-state index >= 15 is 0 Å². The van der Waals surface area contributed by atoms with Crippen LogP contribution in [0.1, 0.15) is 0 Å². The predicted molar refractivity (Wildman–Crippen MR) is 65.5 cm³/mol. The van der Waals surface area contributed by atoms with Crippen LogP contribution in [0.25, 0.3) is 0 Å². The molecule has 3 heteroatoms. The molecule has 0 fully saturated rings. The number of hydrogen-bond acceptors (Lipinski definition) is 3. The Morgan fingerprint density at radius 2 is 2.36 bits per heavy atom. The highest BCUT2D eigenvalue weighted by Gasteiger charge is 1.91. The third kappa shape index (κ3) is 4.11. The highest BCUT2D eigenvalue weighted by atomic mass is 32.2. The van der Waals surface area contributed by atoms with E-state index in [1.165, 1.54) is 0 Å². The van der Waals surface area contributed by atoms with Gasteiger partial charge in [0.05, 0.1) is 5.75 Å². The van der Waals surface area contributed by atoms with Gasteiger partial charge in [0.1, 0.15) is 0 Å². The largest absolute Gasteiger partial charge is 0.399 e. The van der Waals surface area contributed by atoms with Gasteiger partial charge >= 0.3 is 0 Å². The minimum Gasteiger partial charge on any atom is -0.399 e. The van der Waals surface area contributed by atoms with Gasteiger partial charge in [-0.25, -0.2) is 0 Å². The average molecular weight is 206 g/mol. The Morgan fingerprint density at radius 1 is 1.50 bits per heavy atom. The van der Waals surface area contributed by atoms with E-state index in [1.807, 2.05) is 24.3 Å². The van der Waals surface area contributed by atoms with Crippen LogP contribution in [0, 0.1) is 12.3 Å². The maximum absolute atomic E-state index is 5.64. The summed E-state index contributed by atoms with van der Waals surface area (Å²) in [5.74, 6) is 4.38. The molecule has 1 aromatic carbocycles. The summed E-state index contributed by atoms with van der Waals surface area (Å²) < 4.78 is 0. The lowest BCUT2D eigenvalue weighted by Gasteiger charge is -2.05. The van der Waals surface area contributed by atoms with Gasteiger partial charge in [-0.2, -0.15) is 0 Å². The molecule has 0 amide bonds. The molecule has 0 heterocycles. The molecule has 2 nitrogen and oxygen atoms in total. The number of nitrogens with one attached hydrogen (secondary N) is 1. The molecule has 0 aliphatic carbocycles. The molecule has 1 rings (SSSR count). The van der Waals surface area contributed by atoms with Crippen molar-refractivity contribution in [2.45, 2.75) is 0 Å². The minimum absolute atomic E-state index is 0.776. The van der Waals surface area contributed by atoms with E-state index in [1.54, 1.807) is 11.8 Å². The van der Waals surface area contributed by atoms with Crippen LogP contribution in [0.15, 0.2) is 24.3 Å². The molecule has 74 valence electrons. The average Bonchev–Trinajstić information content (AvgIpc) is 2.18. The van der Waals surface area contributed by atoms with Crippen LogP contribution in [0.2, 0.25) is 0 Å². The standard InChI is InChI=1S/C11H14N2S/c1-2-7-14-8-6-13-11-5-3-4-10(12)9-11/h1,3-5,9,13H,6-8,12H2. The van der Waals surface area contributed by atoms with Crippen molar-refractivity contribution < 1.29 is 0 Å². The van der Waals surface area contributed by atoms with E-state index in [0.717, 1.165) is 29.4 Å². The number of anilines is 2. The van der Waals surface area contributed by atoms with E-state index in [0.29, 0.717) is 0 Å². The molecule has 3 N–H and O–H groups in total. The molecule has 1 aromatic rings. The van der Waals surface area contributed by atoms with Gasteiger partial charge in [0.25, 0.3) is 0 Å². The molecule has 0 unspecified atom stereocenters. The van der Waals surface area contributed by atoms with Crippen LogP contribution in [0.5, 0.6) is 0 Å². The Balaban J connectivity index is 2.22. The van der Waals surface area contributed by atoms with Crippen molar-refractivity contribution in [1.82, 2.24) is 0 Å².